The van der Waals surface area contributed by atoms with Crippen molar-refractivity contribution >= 4 is 46.0 Å². The number of aromatic nitrogens is 1. The molecule has 2 aromatic heterocycles. The molecule has 1 aliphatic rings. The van der Waals surface area contributed by atoms with Crippen LogP contribution >= 0.6 is 12.2 Å². The fourth-order valence-corrected chi connectivity index (χ4v) is 5.63. The van der Waals surface area contributed by atoms with Gasteiger partial charge in [-0.15, -0.1) is 0 Å². The number of amides is 1. The Morgan fingerprint density at radius 2 is 1.74 bits per heavy atom. The van der Waals surface area contributed by atoms with Crippen LogP contribution in [0, 0.1) is 11.6 Å². The number of halogens is 4. The molecular formula is C35H28F4N4O2S. The zero-order valence-corrected chi connectivity index (χ0v) is 25.2. The molecule has 0 spiro atoms. The molecule has 0 bridgehead atoms. The third-order valence-electron chi connectivity index (χ3n) is 7.81. The van der Waals surface area contributed by atoms with E-state index < -0.39 is 17.6 Å². The summed E-state index contributed by atoms with van der Waals surface area (Å²) in [5.41, 5.74) is 9.50. The van der Waals surface area contributed by atoms with E-state index in [2.05, 4.69) is 10.3 Å². The van der Waals surface area contributed by atoms with Crippen molar-refractivity contribution in [1.29, 1.82) is 0 Å². The first kappa shape index (κ1) is 31.0. The van der Waals surface area contributed by atoms with Gasteiger partial charge >= 0.3 is 0 Å². The summed E-state index contributed by atoms with van der Waals surface area (Å²) in [6, 6.07) is 19.5. The molecule has 6 nitrogen and oxygen atoms in total. The maximum Gasteiger partial charge on any atom is 0.251 e. The van der Waals surface area contributed by atoms with Crippen LogP contribution in [0.25, 0.3) is 39.3 Å². The van der Waals surface area contributed by atoms with Crippen LogP contribution in [-0.2, 0) is 11.3 Å². The molecule has 0 unspecified atom stereocenters. The minimum Gasteiger partial charge on any atom is -0.459 e. The first-order valence-electron chi connectivity index (χ1n) is 14.5. The molecule has 3 N–H and O–H groups in total. The van der Waals surface area contributed by atoms with Crippen LogP contribution < -0.4 is 11.1 Å². The Morgan fingerprint density at radius 3 is 2.43 bits per heavy atom. The van der Waals surface area contributed by atoms with Crippen molar-refractivity contribution in [1.82, 2.24) is 15.2 Å². The number of rotatable bonds is 7. The van der Waals surface area contributed by atoms with Gasteiger partial charge in [0.15, 0.2) is 0 Å². The third kappa shape index (κ3) is 6.94. The summed E-state index contributed by atoms with van der Waals surface area (Å²) in [6.07, 6.45) is 4.05. The number of hydrogen-bond donors (Lipinski definition) is 2. The number of alkyl halides is 2. The molecule has 1 saturated heterocycles. The minimum atomic E-state index is -2.66. The number of piperidine rings is 1. The van der Waals surface area contributed by atoms with E-state index in [1.54, 1.807) is 41.4 Å². The van der Waals surface area contributed by atoms with Crippen LogP contribution in [0.4, 0.5) is 23.4 Å². The second kappa shape index (κ2) is 12.8. The number of nitrogen functional groups attached to an aromatic ring is 1. The number of thiocarbonyl (C=S) groups is 1. The van der Waals surface area contributed by atoms with Crippen LogP contribution in [0.2, 0.25) is 0 Å². The lowest BCUT2D eigenvalue weighted by Gasteiger charge is -2.33. The summed E-state index contributed by atoms with van der Waals surface area (Å²) >= 11 is 5.59. The number of benzene rings is 3. The highest BCUT2D eigenvalue weighted by molar-refractivity contribution is 7.80. The van der Waals surface area contributed by atoms with Gasteiger partial charge in [0.1, 0.15) is 33.8 Å². The molecular weight excluding hydrogens is 616 g/mol. The fourth-order valence-electron chi connectivity index (χ4n) is 5.31. The van der Waals surface area contributed by atoms with Gasteiger partial charge in [-0.05, 0) is 65.2 Å². The van der Waals surface area contributed by atoms with Crippen LogP contribution in [-0.4, -0.2) is 39.8 Å². The van der Waals surface area contributed by atoms with Gasteiger partial charge in [0, 0.05) is 66.3 Å². The van der Waals surface area contributed by atoms with Crippen molar-refractivity contribution in [2.24, 2.45) is 0 Å². The molecule has 0 saturated carbocycles. The number of nitrogens with one attached hydrogen (secondary N) is 1. The topological polar surface area (TPSA) is 84.4 Å². The summed E-state index contributed by atoms with van der Waals surface area (Å²) in [6.45, 7) is 0.444. The highest BCUT2D eigenvalue weighted by Gasteiger charge is 2.34. The third-order valence-corrected chi connectivity index (χ3v) is 8.30. The van der Waals surface area contributed by atoms with Crippen molar-refractivity contribution in [2.75, 3.05) is 18.8 Å². The fraction of sp³-hybridized carbons (Fsp3) is 0.171. The predicted octanol–water partition coefficient (Wildman–Crippen LogP) is 7.76. The van der Waals surface area contributed by atoms with Gasteiger partial charge in [-0.3, -0.25) is 4.79 Å². The molecule has 1 amide bonds. The summed E-state index contributed by atoms with van der Waals surface area (Å²) in [4.78, 5) is 18.8. The predicted molar refractivity (Wildman–Crippen MR) is 174 cm³/mol. The van der Waals surface area contributed by atoms with Gasteiger partial charge in [-0.2, -0.15) is 0 Å². The number of furan rings is 1. The second-order valence-corrected chi connectivity index (χ2v) is 11.5. The first-order chi connectivity index (χ1) is 22.0. The van der Waals surface area contributed by atoms with E-state index in [0.29, 0.717) is 38.7 Å². The standard InChI is InChI=1S/C35H28F4N4O2S/c36-26-7-8-28(30(37)18-26)29-17-24(22-3-5-23(6-4-22)34(46)43-13-11-35(38,39)12-14-43)15-25-16-27(45-33(25)29)20-42-32(44)10-2-21-1-9-31(40)41-19-21/h1-10,15-19H,11-14,20H2,(H2,40,41)(H,42,44)/b10-2+. The number of carbonyl (C=O) groups excluding carboxylic acids is 1. The van der Waals surface area contributed by atoms with Crippen LogP contribution in [0.3, 0.4) is 0 Å². The maximum absolute atomic E-state index is 15.0. The van der Waals surface area contributed by atoms with Gasteiger partial charge in [-0.25, -0.2) is 22.5 Å². The SMILES string of the molecule is Nc1ccc(/C=C/C(=O)NCc2cc3cc(-c4ccc(C(=S)N5CCC(F)(F)CC5)cc4)cc(-c4ccc(F)cc4F)c3o2)cn1. The Balaban J connectivity index is 1.27. The molecule has 0 atom stereocenters. The van der Waals surface area contributed by atoms with E-state index in [0.717, 1.165) is 22.8 Å². The first-order valence-corrected chi connectivity index (χ1v) is 14.9. The van der Waals surface area contributed by atoms with Gasteiger partial charge < -0.3 is 20.4 Å². The smallest absolute Gasteiger partial charge is 0.251 e. The monoisotopic (exact) mass is 644 g/mol. The normalized spacial score (nSPS) is 14.6. The van der Waals surface area contributed by atoms with E-state index in [1.807, 2.05) is 30.3 Å². The number of hydrogen-bond acceptors (Lipinski definition) is 5. The van der Waals surface area contributed by atoms with E-state index in [9.17, 15) is 18.0 Å². The zero-order chi connectivity index (χ0) is 32.4. The van der Waals surface area contributed by atoms with Crippen molar-refractivity contribution < 1.29 is 26.8 Å². The van der Waals surface area contributed by atoms with E-state index in [4.69, 9.17) is 22.4 Å². The Bertz CT molecular complexity index is 1950. The molecule has 1 fully saturated rings. The molecule has 6 rings (SSSR count). The van der Waals surface area contributed by atoms with Crippen LogP contribution in [0.5, 0.6) is 0 Å². The Morgan fingerprint density at radius 1 is 0.978 bits per heavy atom. The number of anilines is 1. The van der Waals surface area contributed by atoms with E-state index in [-0.39, 0.29) is 43.9 Å². The molecule has 0 radical (unpaired) electrons. The maximum atomic E-state index is 15.0. The van der Waals surface area contributed by atoms with E-state index in [1.165, 1.54) is 18.2 Å². The number of nitrogens with two attached hydrogens (primary N) is 1. The van der Waals surface area contributed by atoms with Gasteiger partial charge in [0.05, 0.1) is 6.54 Å². The van der Waals surface area contributed by atoms with Gasteiger partial charge in [0.2, 0.25) is 5.91 Å². The molecule has 1 aliphatic heterocycles. The average molecular weight is 645 g/mol. The van der Waals surface area contributed by atoms with Crippen molar-refractivity contribution in [3.05, 3.63) is 114 Å². The van der Waals surface area contributed by atoms with E-state index >= 15 is 4.39 Å². The average Bonchev–Trinajstić information content (AvgIpc) is 3.46. The second-order valence-electron chi connectivity index (χ2n) is 11.1. The summed E-state index contributed by atoms with van der Waals surface area (Å²) in [5, 5.41) is 3.42. The molecule has 0 aliphatic carbocycles. The molecule has 3 heterocycles. The summed E-state index contributed by atoms with van der Waals surface area (Å²) in [5.74, 6) is -3.68. The van der Waals surface area contributed by atoms with Crippen molar-refractivity contribution in [3.63, 3.8) is 0 Å². The Kier molecular flexibility index (Phi) is 8.59. The van der Waals surface area contributed by atoms with Crippen molar-refractivity contribution in [2.45, 2.75) is 25.3 Å². The molecule has 234 valence electrons. The van der Waals surface area contributed by atoms with Crippen LogP contribution in [0.1, 0.15) is 29.7 Å². The highest BCUT2D eigenvalue weighted by atomic mass is 32.1. The lowest BCUT2D eigenvalue weighted by Crippen LogP contribution is -2.42. The Labute approximate surface area is 267 Å². The molecule has 5 aromatic rings. The van der Waals surface area contributed by atoms with Crippen molar-refractivity contribution in [3.8, 4) is 22.3 Å². The number of nitrogens with zero attached hydrogens (tertiary/aromatic N) is 2. The molecule has 46 heavy (non-hydrogen) atoms. The number of carbonyl (C=O) groups is 1. The largest absolute Gasteiger partial charge is 0.459 e. The summed E-state index contributed by atoms with van der Waals surface area (Å²) in [7, 11) is 0. The number of pyridine rings is 1. The minimum absolute atomic E-state index is 0.0626. The lowest BCUT2D eigenvalue weighted by molar-refractivity contribution is -0.116. The summed E-state index contributed by atoms with van der Waals surface area (Å²) < 4.78 is 62.2. The number of likely N-dealkylation sites (tertiary alicyclic amines) is 1. The molecule has 11 heteroatoms. The molecule has 3 aromatic carbocycles. The Hall–Kier alpha value is -5.03. The number of fused-ring (bicyclic) bond motifs is 1. The highest BCUT2D eigenvalue weighted by Crippen LogP contribution is 2.37. The zero-order valence-electron chi connectivity index (χ0n) is 24.4. The lowest BCUT2D eigenvalue weighted by atomic mass is 9.95. The van der Waals surface area contributed by atoms with Gasteiger partial charge in [-0.1, -0.05) is 36.5 Å². The van der Waals surface area contributed by atoms with Crippen LogP contribution in [0.15, 0.2) is 89.5 Å². The van der Waals surface area contributed by atoms with Gasteiger partial charge in [0.25, 0.3) is 5.92 Å². The quantitative estimate of drug-likeness (QED) is 0.107.